The number of alkyl halides is 3. The van der Waals surface area contributed by atoms with Gasteiger partial charge in [0.1, 0.15) is 17.5 Å². The van der Waals surface area contributed by atoms with Crippen molar-refractivity contribution in [2.75, 3.05) is 25.1 Å². The lowest BCUT2D eigenvalue weighted by atomic mass is 10.0. The van der Waals surface area contributed by atoms with E-state index >= 15 is 0 Å². The molecule has 8 heteroatoms. The molecule has 0 bridgehead atoms. The number of thioether (sulfide) groups is 1. The summed E-state index contributed by atoms with van der Waals surface area (Å²) in [5.41, 5.74) is -0.568. The van der Waals surface area contributed by atoms with Crippen molar-refractivity contribution in [1.82, 2.24) is 4.90 Å². The molecule has 1 heterocycles. The third-order valence-electron chi connectivity index (χ3n) is 4.20. The first-order chi connectivity index (χ1) is 12.5. The summed E-state index contributed by atoms with van der Waals surface area (Å²) < 4.78 is 35.3. The first-order valence-electron chi connectivity index (χ1n) is 8.80. The van der Waals surface area contributed by atoms with Crippen LogP contribution in [0.2, 0.25) is 0 Å². The van der Waals surface area contributed by atoms with Gasteiger partial charge in [-0.1, -0.05) is 0 Å². The molecule has 1 fully saturated rings. The van der Waals surface area contributed by atoms with E-state index < -0.39 is 9.53 Å². The number of halogens is 3. The van der Waals surface area contributed by atoms with Crippen molar-refractivity contribution in [3.8, 4) is 5.75 Å². The lowest BCUT2D eigenvalue weighted by molar-refractivity contribution is 0.0277. The monoisotopic (exact) mass is 513 g/mol. The number of nitrogens with zero attached hydrogens (tertiary/aromatic N) is 1. The molecule has 0 aromatic heterocycles. The van der Waals surface area contributed by atoms with Gasteiger partial charge in [-0.15, -0.1) is 0 Å². The van der Waals surface area contributed by atoms with Gasteiger partial charge in [0, 0.05) is 52.9 Å². The smallest absolute Gasteiger partial charge is 0.410 e. The summed E-state index contributed by atoms with van der Waals surface area (Å²) in [5.74, 6) is 1.50. The maximum absolute atomic E-state index is 13.3. The summed E-state index contributed by atoms with van der Waals surface area (Å²) in [6.07, 6.45) is 2.42. The van der Waals surface area contributed by atoms with Crippen LogP contribution in [0.4, 0.5) is 13.6 Å². The van der Waals surface area contributed by atoms with Crippen LogP contribution in [0.3, 0.4) is 0 Å². The Morgan fingerprint density at radius 1 is 1.33 bits per heavy atom. The summed E-state index contributed by atoms with van der Waals surface area (Å²) in [6, 6.07) is 5.94. The highest BCUT2D eigenvalue weighted by Gasteiger charge is 2.35. The third kappa shape index (κ3) is 6.96. The number of carbonyl (C=O) groups is 1. The van der Waals surface area contributed by atoms with Crippen molar-refractivity contribution in [3.05, 3.63) is 29.8 Å². The molecule has 1 aliphatic rings. The van der Waals surface area contributed by atoms with Gasteiger partial charge in [0.05, 0.1) is 0 Å². The zero-order valence-corrected chi connectivity index (χ0v) is 19.0. The van der Waals surface area contributed by atoms with Gasteiger partial charge in [-0.05, 0) is 57.7 Å². The van der Waals surface area contributed by atoms with Gasteiger partial charge < -0.3 is 14.4 Å². The second-order valence-corrected chi connectivity index (χ2v) is 9.87. The molecule has 0 radical (unpaired) electrons. The number of likely N-dealkylation sites (tertiary alicyclic amines) is 1. The Bertz CT molecular complexity index is 631. The molecule has 1 amide bonds. The first kappa shape index (κ1) is 22.5. The molecule has 4 nitrogen and oxygen atoms in total. The fourth-order valence-electron chi connectivity index (χ4n) is 2.91. The molecular weight excluding hydrogens is 487 g/mol. The van der Waals surface area contributed by atoms with Crippen LogP contribution >= 0.6 is 34.4 Å². The van der Waals surface area contributed by atoms with Crippen molar-refractivity contribution in [3.63, 3.8) is 0 Å². The molecule has 0 spiro atoms. The Morgan fingerprint density at radius 3 is 2.48 bits per heavy atom. The maximum atomic E-state index is 13.3. The number of hydrogen-bond donors (Lipinski definition) is 0. The number of carbonyl (C=O) groups excluding carboxylic acids is 1. The van der Waals surface area contributed by atoms with Crippen molar-refractivity contribution < 1.29 is 23.0 Å². The van der Waals surface area contributed by atoms with Gasteiger partial charge in [-0.2, -0.15) is 20.5 Å². The molecule has 1 aliphatic heterocycles. The summed E-state index contributed by atoms with van der Waals surface area (Å²) in [5, 5.41) is 0. The predicted octanol–water partition coefficient (Wildman–Crippen LogP) is 5.54. The molecule has 2 atom stereocenters. The number of ether oxygens (including phenoxy) is 2. The van der Waals surface area contributed by atoms with Crippen LogP contribution in [0.15, 0.2) is 24.3 Å². The highest BCUT2D eigenvalue weighted by Crippen LogP contribution is 2.36. The van der Waals surface area contributed by atoms with Crippen molar-refractivity contribution >= 4 is 40.4 Å². The van der Waals surface area contributed by atoms with E-state index in [0.29, 0.717) is 18.8 Å². The molecule has 0 N–H and O–H groups in total. The minimum atomic E-state index is -2.89. The zero-order chi connectivity index (χ0) is 20.2. The van der Waals surface area contributed by atoms with Crippen LogP contribution < -0.4 is 4.74 Å². The third-order valence-corrected chi connectivity index (χ3v) is 5.49. The summed E-state index contributed by atoms with van der Waals surface area (Å²) >= 11 is 2.78. The molecule has 1 saturated heterocycles. The SMILES string of the molecule is CSC[C@@H](Oc1ccc(C(F)(F)I)cc1)C1CCN(C(=O)OC(C)(C)C)C1. The summed E-state index contributed by atoms with van der Waals surface area (Å²) in [4.78, 5) is 14.0. The van der Waals surface area contributed by atoms with Gasteiger partial charge in [0.2, 0.25) is 0 Å². The molecule has 2 rings (SSSR count). The molecule has 1 aromatic carbocycles. The van der Waals surface area contributed by atoms with Crippen LogP contribution in [0.25, 0.3) is 0 Å². The Labute approximate surface area is 177 Å². The topological polar surface area (TPSA) is 38.8 Å². The minimum Gasteiger partial charge on any atom is -0.489 e. The zero-order valence-electron chi connectivity index (χ0n) is 16.0. The maximum Gasteiger partial charge on any atom is 0.410 e. The van der Waals surface area contributed by atoms with Crippen LogP contribution in [-0.4, -0.2) is 47.8 Å². The van der Waals surface area contributed by atoms with Crippen LogP contribution in [0.5, 0.6) is 5.75 Å². The minimum absolute atomic E-state index is 0.0474. The van der Waals surface area contributed by atoms with Gasteiger partial charge in [0.15, 0.2) is 0 Å². The Hall–Kier alpha value is -0.770. The molecule has 152 valence electrons. The van der Waals surface area contributed by atoms with E-state index in [2.05, 4.69) is 0 Å². The van der Waals surface area contributed by atoms with Gasteiger partial charge in [0.25, 0.3) is 0 Å². The van der Waals surface area contributed by atoms with Crippen molar-refractivity contribution in [1.29, 1.82) is 0 Å². The quantitative estimate of drug-likeness (QED) is 0.370. The number of rotatable bonds is 6. The molecule has 0 aliphatic carbocycles. The fourth-order valence-corrected chi connectivity index (χ4v) is 3.94. The summed E-state index contributed by atoms with van der Waals surface area (Å²) in [6.45, 7) is 6.75. The summed E-state index contributed by atoms with van der Waals surface area (Å²) in [7, 11) is 0. The molecule has 0 saturated carbocycles. The van der Waals surface area contributed by atoms with Crippen molar-refractivity contribution in [2.45, 2.75) is 42.8 Å². The highest BCUT2D eigenvalue weighted by atomic mass is 127. The lowest BCUT2D eigenvalue weighted by Crippen LogP contribution is -2.37. The van der Waals surface area contributed by atoms with E-state index in [9.17, 15) is 13.6 Å². The predicted molar refractivity (Wildman–Crippen MR) is 113 cm³/mol. The van der Waals surface area contributed by atoms with E-state index in [0.717, 1.165) is 34.8 Å². The number of amides is 1. The van der Waals surface area contributed by atoms with Gasteiger partial charge >= 0.3 is 10.0 Å². The van der Waals surface area contributed by atoms with Crippen LogP contribution in [0, 0.1) is 5.92 Å². The van der Waals surface area contributed by atoms with Crippen molar-refractivity contribution in [2.24, 2.45) is 5.92 Å². The van der Waals surface area contributed by atoms with E-state index in [-0.39, 0.29) is 23.7 Å². The van der Waals surface area contributed by atoms with Gasteiger partial charge in [-0.3, -0.25) is 0 Å². The Kier molecular flexibility index (Phi) is 7.63. The van der Waals surface area contributed by atoms with Crippen LogP contribution in [-0.2, 0) is 8.67 Å². The number of hydrogen-bond acceptors (Lipinski definition) is 4. The normalized spacial score (nSPS) is 19.1. The molecule has 1 aromatic rings. The fraction of sp³-hybridized carbons (Fsp3) is 0.632. The van der Waals surface area contributed by atoms with E-state index in [1.807, 2.05) is 27.0 Å². The molecule has 27 heavy (non-hydrogen) atoms. The second-order valence-electron chi connectivity index (χ2n) is 7.61. The largest absolute Gasteiger partial charge is 0.489 e. The van der Waals surface area contributed by atoms with E-state index in [1.54, 1.807) is 28.8 Å². The van der Waals surface area contributed by atoms with E-state index in [4.69, 9.17) is 9.47 Å². The number of benzene rings is 1. The lowest BCUT2D eigenvalue weighted by Gasteiger charge is -2.26. The standard InChI is InChI=1S/C19H26F2INO3S/c1-18(2,3)26-17(24)23-10-9-13(11-23)16(12-27-4)25-15-7-5-14(6-8-15)19(20,21)22/h5-8,13,16H,9-12H2,1-4H3/t13?,16-/m1/s1. The van der Waals surface area contributed by atoms with Crippen LogP contribution in [0.1, 0.15) is 32.8 Å². The highest BCUT2D eigenvalue weighted by molar-refractivity contribution is 14.1. The molecular formula is C19H26F2INO3S. The second kappa shape index (κ2) is 9.15. The van der Waals surface area contributed by atoms with Gasteiger partial charge in [-0.25, -0.2) is 4.79 Å². The van der Waals surface area contributed by atoms with E-state index in [1.165, 1.54) is 12.1 Å². The average molecular weight is 513 g/mol. The average Bonchev–Trinajstić information content (AvgIpc) is 3.02. The Morgan fingerprint density at radius 2 is 1.96 bits per heavy atom. The first-order valence-corrected chi connectivity index (χ1v) is 11.3. The Balaban J connectivity index is 2.00. The molecule has 1 unspecified atom stereocenters.